The minimum absolute atomic E-state index is 0.0355. The Hall–Kier alpha value is -4.46. The highest BCUT2D eigenvalue weighted by atomic mass is 16.4. The molecule has 0 saturated carbocycles. The molecule has 2 aromatic rings. The molecule has 3 rings (SSSR count). The number of carboxylic acids is 2. The van der Waals surface area contributed by atoms with Crippen molar-refractivity contribution in [2.75, 3.05) is 6.54 Å². The predicted octanol–water partition coefficient (Wildman–Crippen LogP) is -1.18. The summed E-state index contributed by atoms with van der Waals surface area (Å²) in [6.45, 7) is 0.134. The number of aromatic amines is 1. The number of carbonyl (C=O) groups excluding carboxylic acids is 4. The largest absolute Gasteiger partial charge is 0.481 e. The molecular weight excluding hydrogens is 512 g/mol. The number of carboxylic acid groups (broad SMARTS) is 2. The number of aliphatic carboxylic acids is 2. The standard InChI is InChI=1S/C25H32N6O8/c26-15(7-8-21(33)34)22(35)29-17(10-13-12-28-16-5-2-1-4-14(13)16)23(36)30-18(11-20(27)32)24(37)31-9-3-6-19(31)25(38)39/h1-2,4-5,12,15,17-19,28H,3,6-11,26H2,(H2,27,32)(H,29,35)(H,30,36)(H,33,34)(H,38,39). The molecular formula is C25H32N6O8. The first-order chi connectivity index (χ1) is 18.5. The maximum atomic E-state index is 13.4. The zero-order valence-corrected chi connectivity index (χ0v) is 21.1. The van der Waals surface area contributed by atoms with Gasteiger partial charge in [-0.15, -0.1) is 0 Å². The van der Waals surface area contributed by atoms with Gasteiger partial charge in [0.25, 0.3) is 0 Å². The van der Waals surface area contributed by atoms with Crippen molar-refractivity contribution in [2.45, 2.75) is 62.7 Å². The van der Waals surface area contributed by atoms with Crippen LogP contribution in [0, 0.1) is 0 Å². The lowest BCUT2D eigenvalue weighted by molar-refractivity contribution is -0.149. The summed E-state index contributed by atoms with van der Waals surface area (Å²) < 4.78 is 0. The maximum absolute atomic E-state index is 13.4. The minimum atomic E-state index is -1.46. The second-order valence-corrected chi connectivity index (χ2v) is 9.42. The fraction of sp³-hybridized carbons (Fsp3) is 0.440. The number of carbonyl (C=O) groups is 6. The van der Waals surface area contributed by atoms with E-state index < -0.39 is 66.2 Å². The number of fused-ring (bicyclic) bond motifs is 1. The van der Waals surface area contributed by atoms with Crippen molar-refractivity contribution in [3.63, 3.8) is 0 Å². The molecule has 14 nitrogen and oxygen atoms in total. The number of benzene rings is 1. The number of hydrogen-bond acceptors (Lipinski definition) is 7. The van der Waals surface area contributed by atoms with Gasteiger partial charge in [-0.3, -0.25) is 24.0 Å². The molecule has 1 aliphatic rings. The Labute approximate surface area is 223 Å². The SMILES string of the molecule is NC(=O)CC(NC(=O)C(Cc1c[nH]c2ccccc12)NC(=O)C(N)CCC(=O)O)C(=O)N1CCCC1C(=O)O. The highest BCUT2D eigenvalue weighted by Crippen LogP contribution is 2.21. The molecule has 210 valence electrons. The first-order valence-electron chi connectivity index (χ1n) is 12.4. The number of primary amides is 1. The molecule has 1 saturated heterocycles. The van der Waals surface area contributed by atoms with Crippen LogP contribution < -0.4 is 22.1 Å². The molecule has 9 N–H and O–H groups in total. The number of nitrogens with zero attached hydrogens (tertiary/aromatic N) is 1. The molecule has 0 bridgehead atoms. The molecule has 1 aliphatic heterocycles. The number of H-pyrrole nitrogens is 1. The van der Waals surface area contributed by atoms with Crippen LogP contribution in [-0.2, 0) is 35.2 Å². The zero-order valence-electron chi connectivity index (χ0n) is 21.1. The molecule has 0 spiro atoms. The highest BCUT2D eigenvalue weighted by molar-refractivity contribution is 5.97. The van der Waals surface area contributed by atoms with Gasteiger partial charge in [0.15, 0.2) is 0 Å². The number of para-hydroxylation sites is 1. The van der Waals surface area contributed by atoms with Gasteiger partial charge in [-0.05, 0) is 30.9 Å². The van der Waals surface area contributed by atoms with Crippen molar-refractivity contribution in [3.8, 4) is 0 Å². The third-order valence-corrected chi connectivity index (χ3v) is 6.58. The van der Waals surface area contributed by atoms with Crippen LogP contribution in [0.2, 0.25) is 0 Å². The van der Waals surface area contributed by atoms with E-state index in [4.69, 9.17) is 16.6 Å². The van der Waals surface area contributed by atoms with Crippen molar-refractivity contribution in [1.29, 1.82) is 0 Å². The number of likely N-dealkylation sites (tertiary alicyclic amines) is 1. The Balaban J connectivity index is 1.84. The normalized spacial score (nSPS) is 17.3. The molecule has 14 heteroatoms. The average Bonchev–Trinajstić information content (AvgIpc) is 3.53. The van der Waals surface area contributed by atoms with Gasteiger partial charge in [-0.25, -0.2) is 4.79 Å². The molecule has 0 aliphatic carbocycles. The van der Waals surface area contributed by atoms with Gasteiger partial charge in [-0.1, -0.05) is 18.2 Å². The summed E-state index contributed by atoms with van der Waals surface area (Å²) in [5.41, 5.74) is 12.6. The van der Waals surface area contributed by atoms with E-state index in [0.717, 1.165) is 15.8 Å². The van der Waals surface area contributed by atoms with E-state index in [1.807, 2.05) is 18.2 Å². The smallest absolute Gasteiger partial charge is 0.326 e. The van der Waals surface area contributed by atoms with Crippen molar-refractivity contribution >= 4 is 46.5 Å². The van der Waals surface area contributed by atoms with Crippen LogP contribution >= 0.6 is 0 Å². The number of nitrogens with two attached hydrogens (primary N) is 2. The van der Waals surface area contributed by atoms with Gasteiger partial charge in [0, 0.05) is 36.5 Å². The van der Waals surface area contributed by atoms with Gasteiger partial charge >= 0.3 is 11.9 Å². The van der Waals surface area contributed by atoms with E-state index in [1.165, 1.54) is 0 Å². The monoisotopic (exact) mass is 544 g/mol. The van der Waals surface area contributed by atoms with E-state index in [0.29, 0.717) is 12.0 Å². The summed E-state index contributed by atoms with van der Waals surface area (Å²) >= 11 is 0. The average molecular weight is 545 g/mol. The number of rotatable bonds is 13. The van der Waals surface area contributed by atoms with Crippen LogP contribution in [0.1, 0.15) is 37.7 Å². The lowest BCUT2D eigenvalue weighted by atomic mass is 10.0. The second-order valence-electron chi connectivity index (χ2n) is 9.42. The van der Waals surface area contributed by atoms with Gasteiger partial charge in [0.1, 0.15) is 18.1 Å². The van der Waals surface area contributed by atoms with E-state index in [1.54, 1.807) is 12.3 Å². The molecule has 2 heterocycles. The summed E-state index contributed by atoms with van der Waals surface area (Å²) in [6.07, 6.45) is 1.18. The van der Waals surface area contributed by atoms with Crippen LogP contribution in [0.25, 0.3) is 10.9 Å². The number of aromatic nitrogens is 1. The predicted molar refractivity (Wildman–Crippen MR) is 137 cm³/mol. The minimum Gasteiger partial charge on any atom is -0.481 e. The third kappa shape index (κ3) is 7.54. The van der Waals surface area contributed by atoms with E-state index in [2.05, 4.69) is 15.6 Å². The zero-order chi connectivity index (χ0) is 28.7. The fourth-order valence-electron chi connectivity index (χ4n) is 4.58. The summed E-state index contributed by atoms with van der Waals surface area (Å²) in [4.78, 5) is 77.8. The summed E-state index contributed by atoms with van der Waals surface area (Å²) in [5, 5.41) is 24.1. The number of hydrogen-bond donors (Lipinski definition) is 7. The number of nitrogens with one attached hydrogen (secondary N) is 3. The van der Waals surface area contributed by atoms with E-state index >= 15 is 0 Å². The van der Waals surface area contributed by atoms with E-state index in [9.17, 15) is 33.9 Å². The Morgan fingerprint density at radius 1 is 1.05 bits per heavy atom. The van der Waals surface area contributed by atoms with Crippen LogP contribution in [-0.4, -0.2) is 86.4 Å². The Morgan fingerprint density at radius 3 is 2.41 bits per heavy atom. The molecule has 4 unspecified atom stereocenters. The van der Waals surface area contributed by atoms with Crippen LogP contribution in [0.5, 0.6) is 0 Å². The number of amides is 4. The second kappa shape index (κ2) is 12.9. The quantitative estimate of drug-likeness (QED) is 0.160. The molecule has 1 fully saturated rings. The molecule has 4 amide bonds. The maximum Gasteiger partial charge on any atom is 0.326 e. The first kappa shape index (κ1) is 29.1. The van der Waals surface area contributed by atoms with Gasteiger partial charge in [-0.2, -0.15) is 0 Å². The summed E-state index contributed by atoms with van der Waals surface area (Å²) in [6, 6.07) is 2.20. The van der Waals surface area contributed by atoms with Crippen LogP contribution in [0.3, 0.4) is 0 Å². The Bertz CT molecular complexity index is 1260. The summed E-state index contributed by atoms with van der Waals surface area (Å²) in [7, 11) is 0. The van der Waals surface area contributed by atoms with Gasteiger partial charge in [0.05, 0.1) is 12.5 Å². The molecule has 4 atom stereocenters. The first-order valence-corrected chi connectivity index (χ1v) is 12.4. The topological polar surface area (TPSA) is 238 Å². The van der Waals surface area contributed by atoms with Crippen molar-refractivity contribution in [1.82, 2.24) is 20.5 Å². The van der Waals surface area contributed by atoms with Crippen molar-refractivity contribution in [2.24, 2.45) is 11.5 Å². The third-order valence-electron chi connectivity index (χ3n) is 6.58. The Morgan fingerprint density at radius 2 is 1.74 bits per heavy atom. The van der Waals surface area contributed by atoms with Crippen molar-refractivity contribution < 1.29 is 39.0 Å². The summed E-state index contributed by atoms with van der Waals surface area (Å²) in [5.74, 6) is -5.62. The molecule has 39 heavy (non-hydrogen) atoms. The highest BCUT2D eigenvalue weighted by Gasteiger charge is 2.39. The molecule has 1 aromatic carbocycles. The van der Waals surface area contributed by atoms with Crippen LogP contribution in [0.4, 0.5) is 0 Å². The lowest BCUT2D eigenvalue weighted by Gasteiger charge is -2.28. The lowest BCUT2D eigenvalue weighted by Crippen LogP contribution is -2.58. The Kier molecular flexibility index (Phi) is 9.60. The van der Waals surface area contributed by atoms with Crippen molar-refractivity contribution in [3.05, 3.63) is 36.0 Å². The van der Waals surface area contributed by atoms with Gasteiger partial charge < -0.3 is 42.2 Å². The molecule has 0 radical (unpaired) electrons. The van der Waals surface area contributed by atoms with Gasteiger partial charge in [0.2, 0.25) is 23.6 Å². The van der Waals surface area contributed by atoms with E-state index in [-0.39, 0.29) is 32.2 Å². The fourth-order valence-corrected chi connectivity index (χ4v) is 4.58. The van der Waals surface area contributed by atoms with Crippen LogP contribution in [0.15, 0.2) is 30.5 Å². The molecule has 1 aromatic heterocycles.